The third-order valence-electron chi connectivity index (χ3n) is 4.18. The molecule has 0 heterocycles. The second kappa shape index (κ2) is 5.20. The van der Waals surface area contributed by atoms with Crippen LogP contribution in [0.5, 0.6) is 0 Å². The van der Waals surface area contributed by atoms with E-state index in [1.165, 1.54) is 12.8 Å². The lowest BCUT2D eigenvalue weighted by atomic mass is 9.88. The zero-order valence-corrected chi connectivity index (χ0v) is 11.4. The molecule has 16 heavy (non-hydrogen) atoms. The maximum Gasteiger partial charge on any atom is 0.309 e. The molecule has 0 radical (unpaired) electrons. The summed E-state index contributed by atoms with van der Waals surface area (Å²) in [7, 11) is 0. The van der Waals surface area contributed by atoms with Gasteiger partial charge in [-0.3, -0.25) is 4.79 Å². The molecule has 1 atom stereocenters. The Balaban J connectivity index is 2.66. The third-order valence-corrected chi connectivity index (χ3v) is 4.18. The molecule has 0 spiro atoms. The molecule has 0 saturated heterocycles. The molecule has 1 fully saturated rings. The van der Waals surface area contributed by atoms with Crippen molar-refractivity contribution in [3.05, 3.63) is 0 Å². The van der Waals surface area contributed by atoms with E-state index in [2.05, 4.69) is 27.7 Å². The van der Waals surface area contributed by atoms with Gasteiger partial charge in [0.15, 0.2) is 0 Å². The van der Waals surface area contributed by atoms with Crippen molar-refractivity contribution >= 4 is 5.97 Å². The number of rotatable bonds is 4. The number of esters is 1. The van der Waals surface area contributed by atoms with Crippen LogP contribution in [0.2, 0.25) is 0 Å². The highest BCUT2D eigenvalue weighted by atomic mass is 16.6. The van der Waals surface area contributed by atoms with Crippen LogP contribution in [0.4, 0.5) is 0 Å². The van der Waals surface area contributed by atoms with Crippen LogP contribution in [0.3, 0.4) is 0 Å². The third kappa shape index (κ3) is 2.78. The fraction of sp³-hybridized carbons (Fsp3) is 0.929. The van der Waals surface area contributed by atoms with Crippen LogP contribution < -0.4 is 0 Å². The molecular weight excluding hydrogens is 200 g/mol. The first kappa shape index (κ1) is 13.5. The Hall–Kier alpha value is -0.530. The first-order valence-corrected chi connectivity index (χ1v) is 6.62. The maximum absolute atomic E-state index is 12.0. The normalized spacial score (nSPS) is 21.4. The van der Waals surface area contributed by atoms with Crippen molar-refractivity contribution in [3.63, 3.8) is 0 Å². The average molecular weight is 226 g/mol. The van der Waals surface area contributed by atoms with Gasteiger partial charge >= 0.3 is 5.97 Å². The molecule has 1 aliphatic carbocycles. The highest BCUT2D eigenvalue weighted by Gasteiger charge is 2.41. The van der Waals surface area contributed by atoms with Gasteiger partial charge in [0.05, 0.1) is 5.92 Å². The van der Waals surface area contributed by atoms with Crippen LogP contribution in [-0.2, 0) is 9.53 Å². The monoisotopic (exact) mass is 226 g/mol. The van der Waals surface area contributed by atoms with E-state index >= 15 is 0 Å². The Morgan fingerprint density at radius 3 is 1.94 bits per heavy atom. The number of carbonyl (C=O) groups is 1. The number of hydrogen-bond acceptors (Lipinski definition) is 2. The number of ether oxygens (including phenoxy) is 1. The Morgan fingerprint density at radius 1 is 1.06 bits per heavy atom. The van der Waals surface area contributed by atoms with Gasteiger partial charge in [-0.2, -0.15) is 0 Å². The minimum absolute atomic E-state index is 0.00870. The van der Waals surface area contributed by atoms with E-state index < -0.39 is 0 Å². The molecule has 1 saturated carbocycles. The van der Waals surface area contributed by atoms with Gasteiger partial charge in [-0.25, -0.2) is 0 Å². The SMILES string of the molecule is CC(C)C(C)C(=O)OC1(C(C)C)CCCC1. The van der Waals surface area contributed by atoms with Crippen molar-refractivity contribution < 1.29 is 9.53 Å². The summed E-state index contributed by atoms with van der Waals surface area (Å²) in [6.45, 7) is 10.4. The van der Waals surface area contributed by atoms with E-state index in [9.17, 15) is 4.79 Å². The predicted molar refractivity (Wildman–Crippen MR) is 66.1 cm³/mol. The van der Waals surface area contributed by atoms with Crippen LogP contribution in [0.25, 0.3) is 0 Å². The standard InChI is InChI=1S/C14H26O2/c1-10(2)12(5)13(15)16-14(11(3)4)8-6-7-9-14/h10-12H,6-9H2,1-5H3. The summed E-state index contributed by atoms with van der Waals surface area (Å²) in [5, 5.41) is 0. The first-order valence-electron chi connectivity index (χ1n) is 6.62. The van der Waals surface area contributed by atoms with Gasteiger partial charge < -0.3 is 4.74 Å². The van der Waals surface area contributed by atoms with E-state index in [0.717, 1.165) is 12.8 Å². The molecule has 0 bridgehead atoms. The predicted octanol–water partition coefficient (Wildman–Crippen LogP) is 3.79. The van der Waals surface area contributed by atoms with Gasteiger partial charge in [-0.15, -0.1) is 0 Å². The lowest BCUT2D eigenvalue weighted by Gasteiger charge is -2.34. The molecule has 2 nitrogen and oxygen atoms in total. The molecular formula is C14H26O2. The molecule has 1 rings (SSSR count). The summed E-state index contributed by atoms with van der Waals surface area (Å²) >= 11 is 0. The van der Waals surface area contributed by atoms with Crippen molar-refractivity contribution in [3.8, 4) is 0 Å². The average Bonchev–Trinajstić information content (AvgIpc) is 2.66. The lowest BCUT2D eigenvalue weighted by molar-refractivity contribution is -0.170. The quantitative estimate of drug-likeness (QED) is 0.682. The molecule has 0 aromatic carbocycles. The molecule has 2 heteroatoms. The second-order valence-corrected chi connectivity index (χ2v) is 5.88. The molecule has 0 aromatic heterocycles. The molecule has 94 valence electrons. The largest absolute Gasteiger partial charge is 0.459 e. The zero-order chi connectivity index (χ0) is 12.3. The summed E-state index contributed by atoms with van der Waals surface area (Å²) < 4.78 is 5.84. The van der Waals surface area contributed by atoms with Gasteiger partial charge in [-0.1, -0.05) is 34.6 Å². The van der Waals surface area contributed by atoms with Crippen LogP contribution in [0.15, 0.2) is 0 Å². The highest BCUT2D eigenvalue weighted by molar-refractivity contribution is 5.72. The van der Waals surface area contributed by atoms with Crippen LogP contribution in [-0.4, -0.2) is 11.6 Å². The van der Waals surface area contributed by atoms with E-state index in [-0.39, 0.29) is 17.5 Å². The fourth-order valence-corrected chi connectivity index (χ4v) is 2.34. The highest BCUT2D eigenvalue weighted by Crippen LogP contribution is 2.40. The molecule has 0 N–H and O–H groups in total. The van der Waals surface area contributed by atoms with E-state index in [0.29, 0.717) is 11.8 Å². The zero-order valence-electron chi connectivity index (χ0n) is 11.4. The van der Waals surface area contributed by atoms with Gasteiger partial charge in [0.1, 0.15) is 5.60 Å². The van der Waals surface area contributed by atoms with E-state index in [1.807, 2.05) is 6.92 Å². The van der Waals surface area contributed by atoms with Gasteiger partial charge in [0.25, 0.3) is 0 Å². The Labute approximate surface area is 99.8 Å². The summed E-state index contributed by atoms with van der Waals surface area (Å²) in [6.07, 6.45) is 4.48. The van der Waals surface area contributed by atoms with E-state index in [4.69, 9.17) is 4.74 Å². The van der Waals surface area contributed by atoms with Crippen molar-refractivity contribution in [2.24, 2.45) is 17.8 Å². The Morgan fingerprint density at radius 2 is 1.56 bits per heavy atom. The lowest BCUT2D eigenvalue weighted by Crippen LogP contribution is -2.39. The smallest absolute Gasteiger partial charge is 0.309 e. The Bertz CT molecular complexity index is 237. The van der Waals surface area contributed by atoms with E-state index in [1.54, 1.807) is 0 Å². The number of hydrogen-bond donors (Lipinski definition) is 0. The number of carbonyl (C=O) groups excluding carboxylic acids is 1. The minimum Gasteiger partial charge on any atom is -0.459 e. The van der Waals surface area contributed by atoms with Gasteiger partial charge in [0.2, 0.25) is 0 Å². The molecule has 1 aliphatic rings. The molecule has 0 aliphatic heterocycles. The topological polar surface area (TPSA) is 26.3 Å². The fourth-order valence-electron chi connectivity index (χ4n) is 2.34. The Kier molecular flexibility index (Phi) is 4.40. The van der Waals surface area contributed by atoms with Crippen molar-refractivity contribution in [2.45, 2.75) is 65.9 Å². The summed E-state index contributed by atoms with van der Waals surface area (Å²) in [5.74, 6) is 0.790. The summed E-state index contributed by atoms with van der Waals surface area (Å²) in [5.41, 5.74) is -0.166. The van der Waals surface area contributed by atoms with Gasteiger partial charge in [0, 0.05) is 0 Å². The second-order valence-electron chi connectivity index (χ2n) is 5.88. The van der Waals surface area contributed by atoms with Crippen molar-refractivity contribution in [1.82, 2.24) is 0 Å². The minimum atomic E-state index is -0.166. The maximum atomic E-state index is 12.0. The van der Waals surface area contributed by atoms with Crippen molar-refractivity contribution in [2.75, 3.05) is 0 Å². The first-order chi connectivity index (χ1) is 7.39. The summed E-state index contributed by atoms with van der Waals surface area (Å²) in [6, 6.07) is 0. The molecule has 1 unspecified atom stereocenters. The van der Waals surface area contributed by atoms with Crippen LogP contribution in [0.1, 0.15) is 60.3 Å². The molecule has 0 amide bonds. The summed E-state index contributed by atoms with van der Waals surface area (Å²) in [4.78, 5) is 12.0. The van der Waals surface area contributed by atoms with Crippen molar-refractivity contribution in [1.29, 1.82) is 0 Å². The molecule has 0 aromatic rings. The van der Waals surface area contributed by atoms with Crippen LogP contribution >= 0.6 is 0 Å². The van der Waals surface area contributed by atoms with Gasteiger partial charge in [-0.05, 0) is 37.5 Å². The van der Waals surface area contributed by atoms with Crippen LogP contribution in [0, 0.1) is 17.8 Å².